The van der Waals surface area contributed by atoms with Gasteiger partial charge in [0.15, 0.2) is 0 Å². The maximum absolute atomic E-state index is 2.50. The zero-order chi connectivity index (χ0) is 43.1. The van der Waals surface area contributed by atoms with E-state index in [1.54, 1.807) is 0 Å². The zero-order valence-electron chi connectivity index (χ0n) is 36.2. The minimum atomic E-state index is 0.234. The Kier molecular flexibility index (Phi) is 9.88. The molecule has 12 rings (SSSR count). The first-order valence-electron chi connectivity index (χ1n) is 23.0. The molecule has 0 saturated heterocycles. The summed E-state index contributed by atoms with van der Waals surface area (Å²) in [6.45, 7) is 0. The van der Waals surface area contributed by atoms with E-state index >= 15 is 0 Å². The van der Waals surface area contributed by atoms with Crippen LogP contribution in [0, 0.1) is 0 Å². The van der Waals surface area contributed by atoms with Gasteiger partial charge in [0, 0.05) is 22.9 Å². The van der Waals surface area contributed by atoms with Crippen molar-refractivity contribution in [2.45, 2.75) is 25.2 Å². The number of benzene rings is 10. The molecule has 1 heteroatoms. The number of hydrogen-bond acceptors (Lipinski definition) is 1. The van der Waals surface area contributed by atoms with Crippen LogP contribution in [-0.2, 0) is 0 Å². The summed E-state index contributed by atoms with van der Waals surface area (Å²) in [5, 5.41) is 10.1. The van der Waals surface area contributed by atoms with Crippen molar-refractivity contribution in [1.82, 2.24) is 0 Å². The van der Waals surface area contributed by atoms with Gasteiger partial charge in [-0.05, 0) is 149 Å². The Morgan fingerprint density at radius 3 is 1.95 bits per heavy atom. The average Bonchev–Trinajstić information content (AvgIpc) is 3.39. The maximum atomic E-state index is 2.50. The molecule has 0 aliphatic heterocycles. The third-order valence-electron chi connectivity index (χ3n) is 13.6. The van der Waals surface area contributed by atoms with E-state index in [4.69, 9.17) is 0 Å². The second-order valence-electron chi connectivity index (χ2n) is 17.5. The van der Waals surface area contributed by atoms with Crippen molar-refractivity contribution in [3.05, 3.63) is 254 Å². The molecule has 10 aromatic carbocycles. The third kappa shape index (κ3) is 7.16. The number of nitrogens with zero attached hydrogens (tertiary/aromatic N) is 1. The van der Waals surface area contributed by atoms with Gasteiger partial charge < -0.3 is 4.90 Å². The van der Waals surface area contributed by atoms with Crippen LogP contribution < -0.4 is 4.90 Å². The molecule has 65 heavy (non-hydrogen) atoms. The fourth-order valence-corrected chi connectivity index (χ4v) is 10.4. The van der Waals surface area contributed by atoms with Gasteiger partial charge in [-0.2, -0.15) is 0 Å². The summed E-state index contributed by atoms with van der Waals surface area (Å²) in [6.07, 6.45) is 19.1. The fourth-order valence-electron chi connectivity index (χ4n) is 10.4. The van der Waals surface area contributed by atoms with Crippen molar-refractivity contribution in [1.29, 1.82) is 0 Å². The highest BCUT2D eigenvalue weighted by molar-refractivity contribution is 6.20. The Bertz CT molecular complexity index is 3570. The molecular weight excluding hydrogens is 783 g/mol. The molecule has 0 spiro atoms. The van der Waals surface area contributed by atoms with Crippen molar-refractivity contribution in [2.24, 2.45) is 0 Å². The van der Waals surface area contributed by atoms with Crippen LogP contribution in [0.1, 0.15) is 36.3 Å². The summed E-state index contributed by atoms with van der Waals surface area (Å²) in [4.78, 5) is 2.50. The van der Waals surface area contributed by atoms with E-state index in [0.29, 0.717) is 0 Å². The Balaban J connectivity index is 1.10. The van der Waals surface area contributed by atoms with Crippen LogP contribution in [0.4, 0.5) is 17.1 Å². The normalized spacial score (nSPS) is 14.6. The summed E-state index contributed by atoms with van der Waals surface area (Å²) in [7, 11) is 0. The largest absolute Gasteiger partial charge is 0.310 e. The van der Waals surface area contributed by atoms with Crippen molar-refractivity contribution >= 4 is 65.7 Å². The summed E-state index contributed by atoms with van der Waals surface area (Å²) >= 11 is 0. The van der Waals surface area contributed by atoms with Crippen LogP contribution in [-0.4, -0.2) is 0 Å². The first-order chi connectivity index (χ1) is 32.2. The van der Waals surface area contributed by atoms with E-state index in [9.17, 15) is 0 Å². The van der Waals surface area contributed by atoms with Gasteiger partial charge in [-0.1, -0.05) is 200 Å². The highest BCUT2D eigenvalue weighted by Gasteiger charge is 2.24. The van der Waals surface area contributed by atoms with E-state index in [-0.39, 0.29) is 5.92 Å². The number of allylic oxidation sites excluding steroid dienone is 8. The van der Waals surface area contributed by atoms with E-state index < -0.39 is 0 Å². The molecule has 1 unspecified atom stereocenters. The number of hydrogen-bond donors (Lipinski definition) is 0. The lowest BCUT2D eigenvalue weighted by Crippen LogP contribution is -2.13. The minimum Gasteiger partial charge on any atom is -0.310 e. The van der Waals surface area contributed by atoms with Crippen LogP contribution in [0.25, 0.3) is 82.0 Å². The van der Waals surface area contributed by atoms with E-state index in [1.165, 1.54) is 93.2 Å². The molecule has 0 saturated carbocycles. The Labute approximate surface area is 381 Å². The van der Waals surface area contributed by atoms with E-state index in [1.807, 2.05) is 0 Å². The molecule has 0 heterocycles. The molecule has 2 aliphatic carbocycles. The van der Waals surface area contributed by atoms with E-state index in [0.717, 1.165) is 36.3 Å². The van der Waals surface area contributed by atoms with Gasteiger partial charge in [0.2, 0.25) is 0 Å². The molecule has 2 aliphatic rings. The van der Waals surface area contributed by atoms with Crippen LogP contribution in [0.15, 0.2) is 243 Å². The van der Waals surface area contributed by atoms with Crippen molar-refractivity contribution in [3.8, 4) is 33.4 Å². The highest BCUT2D eigenvalue weighted by Crippen LogP contribution is 2.48. The Morgan fingerprint density at radius 1 is 0.415 bits per heavy atom. The monoisotopic (exact) mass is 829 g/mol. The number of anilines is 3. The molecule has 10 aromatic rings. The topological polar surface area (TPSA) is 3.24 Å². The van der Waals surface area contributed by atoms with Gasteiger partial charge in [0.25, 0.3) is 0 Å². The second-order valence-corrected chi connectivity index (χ2v) is 17.5. The Morgan fingerprint density at radius 2 is 1.12 bits per heavy atom. The van der Waals surface area contributed by atoms with E-state index in [2.05, 4.69) is 248 Å². The molecule has 1 atom stereocenters. The molecule has 1 nitrogen and oxygen atoms in total. The zero-order valence-corrected chi connectivity index (χ0v) is 36.2. The van der Waals surface area contributed by atoms with Gasteiger partial charge in [-0.3, -0.25) is 0 Å². The lowest BCUT2D eigenvalue weighted by molar-refractivity contribution is 0.855. The predicted molar refractivity (Wildman–Crippen MR) is 279 cm³/mol. The van der Waals surface area contributed by atoms with Crippen LogP contribution in [0.3, 0.4) is 0 Å². The lowest BCUT2D eigenvalue weighted by atomic mass is 9.85. The SMILES string of the molecule is C1=CCC(c2cc(N(c3ccc(C4=CCCC=C4)cc3)c3cccc(-c4ccccc4)c3-c3ccc4c(ccc5ccc6ccccc6c54)c3)ccc2-c2ccc3ccccc3c2)C=C1. The minimum absolute atomic E-state index is 0.234. The summed E-state index contributed by atoms with van der Waals surface area (Å²) in [5.74, 6) is 0.234. The van der Waals surface area contributed by atoms with Gasteiger partial charge in [-0.25, -0.2) is 0 Å². The van der Waals surface area contributed by atoms with Crippen LogP contribution >= 0.6 is 0 Å². The van der Waals surface area contributed by atoms with Gasteiger partial charge in [-0.15, -0.1) is 0 Å². The average molecular weight is 830 g/mol. The standard InChI is InChI=1S/C64H47N/c1-4-15-44(16-5-1)46-33-36-55(37-34-46)65(56-38-40-57(61(43-56)48-20-8-3-9-21-48)52-31-27-45-17-10-11-23-51(45)41-52)62-26-14-25-59(47-18-6-2-7-19-47)64(62)54-35-39-60-53(42-54)32-30-50-29-28-49-22-12-13-24-58(49)63(50)60/h2-4,6-20,22-43,48H,1,5,21H2. The Hall–Kier alpha value is -8.00. The van der Waals surface area contributed by atoms with Gasteiger partial charge in [0.1, 0.15) is 0 Å². The third-order valence-corrected chi connectivity index (χ3v) is 13.6. The second kappa shape index (κ2) is 16.6. The first kappa shape index (κ1) is 38.7. The molecular formula is C64H47N. The maximum Gasteiger partial charge on any atom is 0.0546 e. The summed E-state index contributed by atoms with van der Waals surface area (Å²) in [5.41, 5.74) is 14.5. The van der Waals surface area contributed by atoms with Crippen molar-refractivity contribution in [2.75, 3.05) is 4.90 Å². The molecule has 0 radical (unpaired) electrons. The van der Waals surface area contributed by atoms with Crippen LogP contribution in [0.2, 0.25) is 0 Å². The number of rotatable bonds is 8. The van der Waals surface area contributed by atoms with Crippen molar-refractivity contribution < 1.29 is 0 Å². The molecule has 0 amide bonds. The quantitative estimate of drug-likeness (QED) is 0.138. The van der Waals surface area contributed by atoms with Crippen LogP contribution in [0.5, 0.6) is 0 Å². The molecule has 308 valence electrons. The molecule has 0 aromatic heterocycles. The lowest BCUT2D eigenvalue weighted by Gasteiger charge is -2.31. The van der Waals surface area contributed by atoms with Gasteiger partial charge in [0.05, 0.1) is 5.69 Å². The summed E-state index contributed by atoms with van der Waals surface area (Å²) < 4.78 is 0. The summed E-state index contributed by atoms with van der Waals surface area (Å²) in [6, 6.07) is 74.7. The molecule has 0 bridgehead atoms. The fraction of sp³-hybridized carbons (Fsp3) is 0.0625. The van der Waals surface area contributed by atoms with Gasteiger partial charge >= 0.3 is 0 Å². The smallest absolute Gasteiger partial charge is 0.0546 e. The first-order valence-corrected chi connectivity index (χ1v) is 23.0. The van der Waals surface area contributed by atoms with Crippen molar-refractivity contribution in [3.63, 3.8) is 0 Å². The number of fused-ring (bicyclic) bond motifs is 6. The highest BCUT2D eigenvalue weighted by atomic mass is 15.1. The predicted octanol–water partition coefficient (Wildman–Crippen LogP) is 18.1. The molecule has 0 fully saturated rings. The molecule has 0 N–H and O–H groups in total.